The van der Waals surface area contributed by atoms with Crippen LogP contribution in [0.3, 0.4) is 0 Å². The smallest absolute Gasteiger partial charge is 0.281 e. The van der Waals surface area contributed by atoms with E-state index in [2.05, 4.69) is 0 Å². The summed E-state index contributed by atoms with van der Waals surface area (Å²) in [5.74, 6) is -1.02. The highest BCUT2D eigenvalue weighted by atomic mass is 32.2. The first-order chi connectivity index (χ1) is 8.00. The lowest BCUT2D eigenvalue weighted by molar-refractivity contribution is -0.113. The van der Waals surface area contributed by atoms with Gasteiger partial charge in [0, 0.05) is 0 Å². The minimum Gasteiger partial charge on any atom is -0.281 e. The number of halogens is 1. The molecule has 1 aliphatic rings. The van der Waals surface area contributed by atoms with Crippen LogP contribution in [0.1, 0.15) is 0 Å². The average Bonchev–Trinajstić information content (AvgIpc) is 2.60. The number of amides is 2. The summed E-state index contributed by atoms with van der Waals surface area (Å²) in [6.07, 6.45) is 0. The molecule has 2 rings (SSSR count). The summed E-state index contributed by atoms with van der Waals surface area (Å²) in [4.78, 5) is 20.7. The van der Waals surface area contributed by atoms with Crippen molar-refractivity contribution in [1.29, 1.82) is 0 Å². The third kappa shape index (κ3) is 4.37. The van der Waals surface area contributed by atoms with E-state index in [1.807, 2.05) is 0 Å². The second kappa shape index (κ2) is 6.16. The van der Waals surface area contributed by atoms with Crippen LogP contribution in [0.15, 0.2) is 30.3 Å². The van der Waals surface area contributed by atoms with Crippen LogP contribution in [0.5, 0.6) is 0 Å². The predicted molar refractivity (Wildman–Crippen MR) is 61.5 cm³/mol. The van der Waals surface area contributed by atoms with Gasteiger partial charge in [0.1, 0.15) is 5.82 Å². The Hall–Kier alpha value is -1.67. The van der Waals surface area contributed by atoms with Crippen LogP contribution in [0.25, 0.3) is 0 Å². The number of imide groups is 1. The maximum absolute atomic E-state index is 11.9. The highest BCUT2D eigenvalue weighted by molar-refractivity contribution is 8.34. The molecule has 1 aromatic carbocycles. The van der Waals surface area contributed by atoms with Gasteiger partial charge in [0.05, 0.1) is 0 Å². The van der Waals surface area contributed by atoms with Crippen LogP contribution in [0.4, 0.5) is 9.18 Å². The van der Waals surface area contributed by atoms with Gasteiger partial charge >= 0.3 is 0 Å². The minimum absolute atomic E-state index is 0.178. The van der Waals surface area contributed by atoms with Gasteiger partial charge in [0.2, 0.25) is 14.5 Å². The molecule has 0 atom stereocenters. The Labute approximate surface area is 102 Å². The fourth-order valence-corrected chi connectivity index (χ4v) is 1.98. The van der Waals surface area contributed by atoms with Crippen molar-refractivity contribution in [2.45, 2.75) is 0 Å². The number of carbonyl (C=O) groups excluding carboxylic acids is 2. The molecular weight excluding hydrogens is 269 g/mol. The van der Waals surface area contributed by atoms with Crippen molar-refractivity contribution in [3.63, 3.8) is 0 Å². The van der Waals surface area contributed by atoms with Crippen molar-refractivity contribution in [3.8, 4) is 0 Å². The van der Waals surface area contributed by atoms with Gasteiger partial charge in [-0.3, -0.25) is 14.9 Å². The lowest BCUT2D eigenvalue weighted by Gasteiger charge is -1.78. The Morgan fingerprint density at radius 2 is 1.71 bits per heavy atom. The Morgan fingerprint density at radius 3 is 1.94 bits per heavy atom. The van der Waals surface area contributed by atoms with Gasteiger partial charge in [-0.15, -0.1) is 0 Å². The molecule has 5 nitrogen and oxygen atoms in total. The van der Waals surface area contributed by atoms with Gasteiger partial charge in [-0.25, -0.2) is 4.39 Å². The third-order valence-corrected chi connectivity index (χ3v) is 3.28. The summed E-state index contributed by atoms with van der Waals surface area (Å²) < 4.78 is 31.6. The fourth-order valence-electron chi connectivity index (χ4n) is 0.824. The van der Waals surface area contributed by atoms with Crippen LogP contribution >= 0.6 is 11.8 Å². The molecule has 1 aliphatic heterocycles. The van der Waals surface area contributed by atoms with Crippen LogP contribution in [0, 0.1) is 5.82 Å². The standard InChI is InChI=1S/C6H5F.C3HNO4S2/c7-6-4-2-1-3-5-6;5-1-2(10(7)8)9-3(6)4-1/h1-5H;(H,4,5,6). The van der Waals surface area contributed by atoms with Crippen molar-refractivity contribution in [2.24, 2.45) is 0 Å². The Morgan fingerprint density at radius 1 is 1.12 bits per heavy atom. The van der Waals surface area contributed by atoms with E-state index in [1.54, 1.807) is 23.5 Å². The van der Waals surface area contributed by atoms with Crippen molar-refractivity contribution in [3.05, 3.63) is 36.1 Å². The summed E-state index contributed by atoms with van der Waals surface area (Å²) in [5.41, 5.74) is 0. The molecule has 1 heterocycles. The zero-order valence-electron chi connectivity index (χ0n) is 8.21. The molecule has 0 spiro atoms. The van der Waals surface area contributed by atoms with Gasteiger partial charge in [-0.1, -0.05) is 18.2 Å². The van der Waals surface area contributed by atoms with Gasteiger partial charge in [-0.05, 0) is 23.9 Å². The van der Waals surface area contributed by atoms with E-state index in [4.69, 9.17) is 0 Å². The van der Waals surface area contributed by atoms with Crippen molar-refractivity contribution in [2.75, 3.05) is 0 Å². The third-order valence-electron chi connectivity index (χ3n) is 1.47. The molecule has 0 unspecified atom stereocenters. The Bertz CT molecular complexity index is 560. The molecule has 0 saturated carbocycles. The van der Waals surface area contributed by atoms with E-state index >= 15 is 0 Å². The normalized spacial score (nSPS) is 13.8. The molecule has 0 bridgehead atoms. The van der Waals surface area contributed by atoms with Crippen molar-refractivity contribution < 1.29 is 22.4 Å². The van der Waals surface area contributed by atoms with E-state index in [0.717, 1.165) is 0 Å². The molecule has 0 aromatic heterocycles. The van der Waals surface area contributed by atoms with E-state index < -0.39 is 25.6 Å². The molecular formula is C9H6FNO4S2. The second-order valence-corrected chi connectivity index (χ2v) is 4.78. The Balaban J connectivity index is 0.000000181. The SMILES string of the molecule is Fc1ccccc1.O=C1NC(=O)C(=S(=O)=O)S1. The highest BCUT2D eigenvalue weighted by Crippen LogP contribution is 2.10. The summed E-state index contributed by atoms with van der Waals surface area (Å²) in [5, 5.41) is 1.15. The maximum atomic E-state index is 11.9. The van der Waals surface area contributed by atoms with E-state index in [0.29, 0.717) is 11.8 Å². The highest BCUT2D eigenvalue weighted by Gasteiger charge is 2.28. The van der Waals surface area contributed by atoms with E-state index in [1.165, 1.54) is 12.1 Å². The van der Waals surface area contributed by atoms with Crippen LogP contribution < -0.4 is 5.32 Å². The number of carbonyl (C=O) groups is 2. The zero-order valence-corrected chi connectivity index (χ0v) is 9.85. The molecule has 1 saturated heterocycles. The number of hydrogen-bond donors (Lipinski definition) is 1. The van der Waals surface area contributed by atoms with E-state index in [9.17, 15) is 22.4 Å². The van der Waals surface area contributed by atoms with Crippen molar-refractivity contribution in [1.82, 2.24) is 5.32 Å². The maximum Gasteiger partial charge on any atom is 0.291 e. The molecule has 0 aliphatic carbocycles. The van der Waals surface area contributed by atoms with Crippen molar-refractivity contribution >= 4 is 37.4 Å². The summed E-state index contributed by atoms with van der Waals surface area (Å²) in [7, 11) is -2.59. The van der Waals surface area contributed by atoms with Crippen LogP contribution in [-0.2, 0) is 15.1 Å². The number of thioether (sulfide) groups is 1. The second-order valence-electron chi connectivity index (χ2n) is 2.66. The summed E-state index contributed by atoms with van der Waals surface area (Å²) in [6.45, 7) is 0. The quantitative estimate of drug-likeness (QED) is 0.708. The lowest BCUT2D eigenvalue weighted by atomic mass is 10.4. The first-order valence-corrected chi connectivity index (χ1v) is 6.10. The number of rotatable bonds is 0. The lowest BCUT2D eigenvalue weighted by Crippen LogP contribution is -2.21. The average molecular weight is 275 g/mol. The zero-order chi connectivity index (χ0) is 12.8. The molecule has 0 radical (unpaired) electrons. The van der Waals surface area contributed by atoms with Gasteiger partial charge < -0.3 is 0 Å². The number of nitrogens with one attached hydrogen (secondary N) is 1. The first kappa shape index (κ1) is 13.4. The van der Waals surface area contributed by atoms with Crippen LogP contribution in [-0.4, -0.2) is 23.8 Å². The summed E-state index contributed by atoms with van der Waals surface area (Å²) in [6, 6.07) is 7.94. The summed E-state index contributed by atoms with van der Waals surface area (Å²) >= 11 is 0.386. The molecule has 17 heavy (non-hydrogen) atoms. The number of benzene rings is 1. The van der Waals surface area contributed by atoms with E-state index in [-0.39, 0.29) is 5.82 Å². The monoisotopic (exact) mass is 275 g/mol. The number of hydrogen-bond acceptors (Lipinski definition) is 5. The molecule has 8 heteroatoms. The molecule has 1 fully saturated rings. The minimum atomic E-state index is -2.59. The van der Waals surface area contributed by atoms with Gasteiger partial charge in [0.15, 0.2) is 0 Å². The van der Waals surface area contributed by atoms with Crippen LogP contribution in [0.2, 0.25) is 0 Å². The molecule has 1 aromatic rings. The molecule has 90 valence electrons. The first-order valence-electron chi connectivity index (χ1n) is 4.20. The Kier molecular flexibility index (Phi) is 4.85. The fraction of sp³-hybridized carbons (Fsp3) is 0. The largest absolute Gasteiger partial charge is 0.291 e. The molecule has 2 amide bonds. The molecule has 1 N–H and O–H groups in total. The topological polar surface area (TPSA) is 80.3 Å². The van der Waals surface area contributed by atoms with Gasteiger partial charge in [-0.2, -0.15) is 8.42 Å². The van der Waals surface area contributed by atoms with Gasteiger partial charge in [0.25, 0.3) is 11.1 Å². The predicted octanol–water partition coefficient (Wildman–Crippen LogP) is 0.804.